The molecule has 0 unspecified atom stereocenters. The molecular weight excluding hydrogens is 336 g/mol. The summed E-state index contributed by atoms with van der Waals surface area (Å²) in [5.74, 6) is 5.93. The minimum atomic E-state index is -0.207. The molecule has 0 aliphatic heterocycles. The molecule has 0 radical (unpaired) electrons. The highest BCUT2D eigenvalue weighted by Gasteiger charge is 2.10. The number of thiazole rings is 1. The van der Waals surface area contributed by atoms with Gasteiger partial charge >= 0.3 is 0 Å². The lowest BCUT2D eigenvalue weighted by Gasteiger charge is -2.11. The number of nitrogen functional groups attached to an aromatic ring is 1. The summed E-state index contributed by atoms with van der Waals surface area (Å²) in [6, 6.07) is 9.69. The van der Waals surface area contributed by atoms with Gasteiger partial charge in [0.05, 0.1) is 10.2 Å². The third-order valence-corrected chi connectivity index (χ3v) is 4.73. The van der Waals surface area contributed by atoms with Crippen molar-refractivity contribution in [1.29, 1.82) is 0 Å². The molecule has 0 saturated heterocycles. The first-order valence-corrected chi connectivity index (χ1v) is 8.65. The van der Waals surface area contributed by atoms with Crippen molar-refractivity contribution in [3.8, 4) is 5.75 Å². The van der Waals surface area contributed by atoms with Gasteiger partial charge in [0.2, 0.25) is 0 Å². The number of hydrogen-bond donors (Lipinski definition) is 3. The van der Waals surface area contributed by atoms with Gasteiger partial charge < -0.3 is 10.1 Å². The molecule has 7 heteroatoms. The maximum absolute atomic E-state index is 12.2. The average Bonchev–Trinajstić information content (AvgIpc) is 2.99. The Morgan fingerprint density at radius 2 is 2.00 bits per heavy atom. The number of ether oxygens (including phenoxy) is 1. The zero-order valence-electron chi connectivity index (χ0n) is 14.3. The third kappa shape index (κ3) is 3.89. The molecule has 1 aromatic heterocycles. The molecule has 3 aromatic rings. The molecular formula is C18H20N4O2S. The second kappa shape index (κ2) is 7.08. The van der Waals surface area contributed by atoms with Gasteiger partial charge in [0.1, 0.15) is 5.75 Å². The Bertz CT molecular complexity index is 936. The van der Waals surface area contributed by atoms with E-state index in [4.69, 9.17) is 10.6 Å². The van der Waals surface area contributed by atoms with Crippen LogP contribution in [0, 0.1) is 20.8 Å². The number of nitrogens with zero attached hydrogens (tertiary/aromatic N) is 1. The van der Waals surface area contributed by atoms with Crippen molar-refractivity contribution in [2.45, 2.75) is 20.8 Å². The maximum Gasteiger partial charge on any atom is 0.262 e. The lowest BCUT2D eigenvalue weighted by molar-refractivity contribution is -0.118. The second-order valence-electron chi connectivity index (χ2n) is 5.91. The van der Waals surface area contributed by atoms with Crippen molar-refractivity contribution in [2.75, 3.05) is 17.3 Å². The number of nitrogens with one attached hydrogen (secondary N) is 2. The number of anilines is 2. The van der Waals surface area contributed by atoms with Crippen LogP contribution in [0.1, 0.15) is 16.7 Å². The molecule has 6 nitrogen and oxygen atoms in total. The summed E-state index contributed by atoms with van der Waals surface area (Å²) >= 11 is 1.44. The van der Waals surface area contributed by atoms with E-state index in [0.717, 1.165) is 32.7 Å². The molecule has 130 valence electrons. The molecule has 1 amide bonds. The van der Waals surface area contributed by atoms with Crippen LogP contribution in [-0.2, 0) is 4.79 Å². The Morgan fingerprint density at radius 3 is 2.76 bits per heavy atom. The largest absolute Gasteiger partial charge is 0.483 e. The average molecular weight is 356 g/mol. The van der Waals surface area contributed by atoms with Crippen LogP contribution in [0.4, 0.5) is 10.8 Å². The highest BCUT2D eigenvalue weighted by Crippen LogP contribution is 2.30. The van der Waals surface area contributed by atoms with Gasteiger partial charge in [-0.15, -0.1) is 0 Å². The number of amides is 1. The monoisotopic (exact) mass is 356 g/mol. The van der Waals surface area contributed by atoms with Crippen LogP contribution in [0.2, 0.25) is 0 Å². The standard InChI is InChI=1S/C18H20N4O2S/c1-10-4-5-11(2)14(6-10)24-9-16(23)20-13-7-12(3)17-15(8-13)25-18(21-17)22-19/h4-8H,9,19H2,1-3H3,(H,20,23)(H,21,22). The smallest absolute Gasteiger partial charge is 0.262 e. The van der Waals surface area contributed by atoms with Crippen molar-refractivity contribution >= 4 is 38.3 Å². The van der Waals surface area contributed by atoms with Crippen LogP contribution in [-0.4, -0.2) is 17.5 Å². The quantitative estimate of drug-likeness (QED) is 0.481. The lowest BCUT2D eigenvalue weighted by atomic mass is 10.1. The molecule has 0 spiro atoms. The Hall–Kier alpha value is -2.64. The first kappa shape index (κ1) is 17.2. The summed E-state index contributed by atoms with van der Waals surface area (Å²) in [6.45, 7) is 5.85. The fourth-order valence-corrected chi connectivity index (χ4v) is 3.43. The van der Waals surface area contributed by atoms with Crippen LogP contribution in [0.5, 0.6) is 5.75 Å². The number of carbonyl (C=O) groups excluding carboxylic acids is 1. The lowest BCUT2D eigenvalue weighted by Crippen LogP contribution is -2.20. The molecule has 3 rings (SSSR count). The fraction of sp³-hybridized carbons (Fsp3) is 0.222. The second-order valence-corrected chi connectivity index (χ2v) is 6.94. The van der Waals surface area contributed by atoms with Crippen LogP contribution in [0.25, 0.3) is 10.2 Å². The summed E-state index contributed by atoms with van der Waals surface area (Å²) < 4.78 is 6.60. The van der Waals surface area contributed by atoms with Crippen LogP contribution in [0.15, 0.2) is 30.3 Å². The Morgan fingerprint density at radius 1 is 1.20 bits per heavy atom. The Labute approximate surface area is 150 Å². The molecule has 0 fully saturated rings. The SMILES string of the molecule is Cc1ccc(C)c(OCC(=O)Nc2cc(C)c3nc(NN)sc3c2)c1. The zero-order chi connectivity index (χ0) is 18.0. The number of aryl methyl sites for hydroxylation is 3. The molecule has 1 heterocycles. The van der Waals surface area contributed by atoms with Gasteiger partial charge in [-0.3, -0.25) is 10.2 Å². The number of nitrogens with two attached hydrogens (primary N) is 1. The van der Waals surface area contributed by atoms with Crippen molar-refractivity contribution < 1.29 is 9.53 Å². The molecule has 4 N–H and O–H groups in total. The Balaban J connectivity index is 1.70. The Kier molecular flexibility index (Phi) is 4.87. The first-order valence-electron chi connectivity index (χ1n) is 7.84. The van der Waals surface area contributed by atoms with E-state index in [1.165, 1.54) is 11.3 Å². The van der Waals surface area contributed by atoms with Crippen molar-refractivity contribution in [3.05, 3.63) is 47.0 Å². The molecule has 0 aliphatic carbocycles. The maximum atomic E-state index is 12.2. The third-order valence-electron chi connectivity index (χ3n) is 3.80. The number of hydrazine groups is 1. The number of hydrogen-bond acceptors (Lipinski definition) is 6. The van der Waals surface area contributed by atoms with Gasteiger partial charge in [-0.2, -0.15) is 0 Å². The minimum absolute atomic E-state index is 0.0420. The zero-order valence-corrected chi connectivity index (χ0v) is 15.2. The number of aromatic nitrogens is 1. The van der Waals surface area contributed by atoms with Crippen LogP contribution >= 0.6 is 11.3 Å². The van der Waals surface area contributed by atoms with Gasteiger partial charge in [-0.1, -0.05) is 23.5 Å². The van der Waals surface area contributed by atoms with Gasteiger partial charge in [-0.05, 0) is 55.7 Å². The molecule has 2 aromatic carbocycles. The number of carbonyl (C=O) groups is 1. The first-order chi connectivity index (χ1) is 12.0. The van der Waals surface area contributed by atoms with E-state index in [1.807, 2.05) is 51.1 Å². The van der Waals surface area contributed by atoms with E-state index in [1.54, 1.807) is 0 Å². The number of benzene rings is 2. The predicted octanol–water partition coefficient (Wildman–Crippen LogP) is 3.52. The fourth-order valence-electron chi connectivity index (χ4n) is 2.53. The predicted molar refractivity (Wildman–Crippen MR) is 102 cm³/mol. The normalized spacial score (nSPS) is 10.7. The number of rotatable bonds is 5. The van der Waals surface area contributed by atoms with Gasteiger partial charge in [-0.25, -0.2) is 10.8 Å². The summed E-state index contributed by atoms with van der Waals surface area (Å²) in [5.41, 5.74) is 7.21. The highest BCUT2D eigenvalue weighted by molar-refractivity contribution is 7.22. The molecule has 0 atom stereocenters. The topological polar surface area (TPSA) is 89.3 Å². The van der Waals surface area contributed by atoms with Gasteiger partial charge in [0, 0.05) is 5.69 Å². The van der Waals surface area contributed by atoms with E-state index in [2.05, 4.69) is 15.7 Å². The van der Waals surface area contributed by atoms with E-state index in [-0.39, 0.29) is 12.5 Å². The summed E-state index contributed by atoms with van der Waals surface area (Å²) in [4.78, 5) is 16.6. The molecule has 25 heavy (non-hydrogen) atoms. The molecule has 0 bridgehead atoms. The van der Waals surface area contributed by atoms with Crippen molar-refractivity contribution in [2.24, 2.45) is 5.84 Å². The minimum Gasteiger partial charge on any atom is -0.483 e. The van der Waals surface area contributed by atoms with E-state index in [0.29, 0.717) is 10.8 Å². The summed E-state index contributed by atoms with van der Waals surface area (Å²) in [6.07, 6.45) is 0. The molecule has 0 aliphatic rings. The van der Waals surface area contributed by atoms with Crippen LogP contribution in [0.3, 0.4) is 0 Å². The van der Waals surface area contributed by atoms with E-state index in [9.17, 15) is 4.79 Å². The van der Waals surface area contributed by atoms with E-state index < -0.39 is 0 Å². The summed E-state index contributed by atoms with van der Waals surface area (Å²) in [5, 5.41) is 3.51. The van der Waals surface area contributed by atoms with Crippen molar-refractivity contribution in [3.63, 3.8) is 0 Å². The summed E-state index contributed by atoms with van der Waals surface area (Å²) in [7, 11) is 0. The van der Waals surface area contributed by atoms with E-state index >= 15 is 0 Å². The van der Waals surface area contributed by atoms with Gasteiger partial charge in [0.15, 0.2) is 11.7 Å². The van der Waals surface area contributed by atoms with Crippen LogP contribution < -0.4 is 21.3 Å². The molecule has 0 saturated carbocycles. The number of fused-ring (bicyclic) bond motifs is 1. The highest BCUT2D eigenvalue weighted by atomic mass is 32.1. The van der Waals surface area contributed by atoms with Gasteiger partial charge in [0.25, 0.3) is 5.91 Å². The van der Waals surface area contributed by atoms with Crippen molar-refractivity contribution in [1.82, 2.24) is 4.98 Å².